The highest BCUT2D eigenvalue weighted by Gasteiger charge is 2.10. The van der Waals surface area contributed by atoms with Crippen molar-refractivity contribution in [2.45, 2.75) is 11.2 Å². The second kappa shape index (κ2) is 7.43. The first-order chi connectivity index (χ1) is 8.52. The van der Waals surface area contributed by atoms with Gasteiger partial charge in [0.1, 0.15) is 11.6 Å². The lowest BCUT2D eigenvalue weighted by atomic mass is 10.1. The van der Waals surface area contributed by atoms with Crippen LogP contribution in [-0.4, -0.2) is 31.0 Å². The number of carbonyl (C=O) groups excluding carboxylic acids is 1. The lowest BCUT2D eigenvalue weighted by Crippen LogP contribution is -2.32. The predicted octanol–water partition coefficient (Wildman–Crippen LogP) is 2.03. The first kappa shape index (κ1) is 15.0. The van der Waals surface area contributed by atoms with Crippen LogP contribution in [0.15, 0.2) is 18.2 Å². The van der Waals surface area contributed by atoms with Crippen molar-refractivity contribution in [2.24, 2.45) is 0 Å². The van der Waals surface area contributed by atoms with Crippen LogP contribution in [0, 0.1) is 11.6 Å². The second-order valence-electron chi connectivity index (χ2n) is 3.77. The fourth-order valence-electron chi connectivity index (χ4n) is 1.36. The Kier molecular flexibility index (Phi) is 6.21. The van der Waals surface area contributed by atoms with Gasteiger partial charge in [0.25, 0.3) is 0 Å². The van der Waals surface area contributed by atoms with Gasteiger partial charge in [0.05, 0.1) is 17.9 Å². The summed E-state index contributed by atoms with van der Waals surface area (Å²) in [6, 6.07) is 3.16. The van der Waals surface area contributed by atoms with Crippen LogP contribution >= 0.6 is 15.9 Å². The van der Waals surface area contributed by atoms with Crippen molar-refractivity contribution in [3.05, 3.63) is 35.4 Å². The molecule has 1 amide bonds. The molecule has 1 unspecified atom stereocenters. The molecule has 6 heteroatoms. The van der Waals surface area contributed by atoms with E-state index in [1.165, 1.54) is 6.07 Å². The smallest absolute Gasteiger partial charge is 0.224 e. The minimum atomic E-state index is -0.711. The van der Waals surface area contributed by atoms with Gasteiger partial charge < -0.3 is 10.1 Å². The van der Waals surface area contributed by atoms with Crippen molar-refractivity contribution in [3.8, 4) is 0 Å². The minimum absolute atomic E-state index is 0.00418. The SMILES string of the molecule is COCC(Br)CNC(=O)Cc1ccc(F)cc1F. The molecule has 1 rings (SSSR count). The molecule has 100 valence electrons. The zero-order chi connectivity index (χ0) is 13.5. The molecule has 0 aliphatic heterocycles. The molecule has 0 aliphatic rings. The van der Waals surface area contributed by atoms with Crippen molar-refractivity contribution in [2.75, 3.05) is 20.3 Å². The number of methoxy groups -OCH3 is 1. The lowest BCUT2D eigenvalue weighted by molar-refractivity contribution is -0.120. The Morgan fingerprint density at radius 2 is 2.22 bits per heavy atom. The number of ether oxygens (including phenoxy) is 1. The molecule has 3 nitrogen and oxygen atoms in total. The topological polar surface area (TPSA) is 38.3 Å². The maximum Gasteiger partial charge on any atom is 0.224 e. The van der Waals surface area contributed by atoms with Crippen LogP contribution in [0.3, 0.4) is 0 Å². The molecule has 0 fully saturated rings. The van der Waals surface area contributed by atoms with Crippen LogP contribution in [0.1, 0.15) is 5.56 Å². The van der Waals surface area contributed by atoms with E-state index in [0.29, 0.717) is 13.2 Å². The Morgan fingerprint density at radius 1 is 1.50 bits per heavy atom. The summed E-state index contributed by atoms with van der Waals surface area (Å²) in [6.45, 7) is 0.848. The van der Waals surface area contributed by atoms with Crippen LogP contribution in [0.4, 0.5) is 8.78 Å². The molecule has 1 aromatic carbocycles. The molecule has 0 aliphatic carbocycles. The number of nitrogens with one attached hydrogen (secondary N) is 1. The molecule has 1 N–H and O–H groups in total. The fraction of sp³-hybridized carbons (Fsp3) is 0.417. The average molecular weight is 322 g/mol. The third-order valence-corrected chi connectivity index (χ3v) is 2.82. The lowest BCUT2D eigenvalue weighted by Gasteiger charge is -2.10. The molecular weight excluding hydrogens is 308 g/mol. The van der Waals surface area contributed by atoms with Gasteiger partial charge in [-0.15, -0.1) is 0 Å². The molecule has 0 aromatic heterocycles. The molecule has 1 atom stereocenters. The first-order valence-corrected chi connectivity index (χ1v) is 6.28. The number of rotatable bonds is 6. The number of alkyl halides is 1. The highest BCUT2D eigenvalue weighted by atomic mass is 79.9. The third kappa shape index (κ3) is 5.10. The molecule has 0 radical (unpaired) electrons. The van der Waals surface area contributed by atoms with Gasteiger partial charge in [0.15, 0.2) is 0 Å². The standard InChI is InChI=1S/C12H14BrF2NO2/c1-18-7-9(13)6-16-12(17)4-8-2-3-10(14)5-11(8)15/h2-3,5,9H,4,6-7H2,1H3,(H,16,17). The summed E-state index contributed by atoms with van der Waals surface area (Å²) in [5, 5.41) is 2.63. The largest absolute Gasteiger partial charge is 0.383 e. The van der Waals surface area contributed by atoms with Crippen molar-refractivity contribution >= 4 is 21.8 Å². The first-order valence-electron chi connectivity index (χ1n) is 5.36. The Bertz CT molecular complexity index is 415. The van der Waals surface area contributed by atoms with Crippen molar-refractivity contribution in [3.63, 3.8) is 0 Å². The van der Waals surface area contributed by atoms with Crippen LogP contribution < -0.4 is 5.32 Å². The Labute approximate surface area is 113 Å². The Hall–Kier alpha value is -1.01. The van der Waals surface area contributed by atoms with E-state index in [9.17, 15) is 13.6 Å². The van der Waals surface area contributed by atoms with Gasteiger partial charge in [-0.25, -0.2) is 8.78 Å². The maximum atomic E-state index is 13.3. The van der Waals surface area contributed by atoms with E-state index in [-0.39, 0.29) is 22.7 Å². The van der Waals surface area contributed by atoms with Gasteiger partial charge in [0, 0.05) is 19.7 Å². The minimum Gasteiger partial charge on any atom is -0.383 e. The highest BCUT2D eigenvalue weighted by Crippen LogP contribution is 2.10. The van der Waals surface area contributed by atoms with Crippen LogP contribution in [0.5, 0.6) is 0 Å². The van der Waals surface area contributed by atoms with E-state index in [0.717, 1.165) is 12.1 Å². The van der Waals surface area contributed by atoms with Gasteiger partial charge in [-0.05, 0) is 11.6 Å². The number of hydrogen-bond donors (Lipinski definition) is 1. The van der Waals surface area contributed by atoms with E-state index < -0.39 is 11.6 Å². The van der Waals surface area contributed by atoms with E-state index in [2.05, 4.69) is 21.2 Å². The van der Waals surface area contributed by atoms with Gasteiger partial charge >= 0.3 is 0 Å². The number of benzene rings is 1. The molecule has 1 aromatic rings. The normalized spacial score (nSPS) is 12.2. The van der Waals surface area contributed by atoms with Gasteiger partial charge in [0.2, 0.25) is 5.91 Å². The summed E-state index contributed by atoms with van der Waals surface area (Å²) in [5.74, 6) is -1.68. The Morgan fingerprint density at radius 3 is 2.83 bits per heavy atom. The van der Waals surface area contributed by atoms with E-state index in [1.807, 2.05) is 0 Å². The zero-order valence-corrected chi connectivity index (χ0v) is 11.5. The molecule has 0 saturated carbocycles. The quantitative estimate of drug-likeness (QED) is 0.814. The molecule has 0 bridgehead atoms. The van der Waals surface area contributed by atoms with Gasteiger partial charge in [-0.3, -0.25) is 4.79 Å². The summed E-state index contributed by atoms with van der Waals surface area (Å²) in [6.07, 6.45) is -0.112. The highest BCUT2D eigenvalue weighted by molar-refractivity contribution is 9.09. The fourth-order valence-corrected chi connectivity index (χ4v) is 1.79. The molecule has 18 heavy (non-hydrogen) atoms. The zero-order valence-electron chi connectivity index (χ0n) is 9.88. The second-order valence-corrected chi connectivity index (χ2v) is 5.06. The van der Waals surface area contributed by atoms with Crippen LogP contribution in [0.2, 0.25) is 0 Å². The number of amides is 1. The summed E-state index contributed by atoms with van der Waals surface area (Å²) in [4.78, 5) is 11.5. The third-order valence-electron chi connectivity index (χ3n) is 2.23. The summed E-state index contributed by atoms with van der Waals surface area (Å²) < 4.78 is 30.8. The summed E-state index contributed by atoms with van der Waals surface area (Å²) in [7, 11) is 1.56. The van der Waals surface area contributed by atoms with Gasteiger partial charge in [-0.2, -0.15) is 0 Å². The summed E-state index contributed by atoms with van der Waals surface area (Å²) in [5.41, 5.74) is 0.173. The van der Waals surface area contributed by atoms with Crippen molar-refractivity contribution < 1.29 is 18.3 Å². The van der Waals surface area contributed by atoms with Crippen molar-refractivity contribution in [1.29, 1.82) is 0 Å². The maximum absolute atomic E-state index is 13.3. The molecule has 0 heterocycles. The molecule has 0 saturated heterocycles. The van der Waals surface area contributed by atoms with E-state index in [1.54, 1.807) is 7.11 Å². The Balaban J connectivity index is 2.44. The van der Waals surface area contributed by atoms with Crippen LogP contribution in [0.25, 0.3) is 0 Å². The number of carbonyl (C=O) groups is 1. The predicted molar refractivity (Wildman–Crippen MR) is 67.7 cm³/mol. The molecular formula is C12H14BrF2NO2. The monoisotopic (exact) mass is 321 g/mol. The summed E-state index contributed by atoms with van der Waals surface area (Å²) >= 11 is 3.31. The van der Waals surface area contributed by atoms with Crippen LogP contribution in [-0.2, 0) is 16.0 Å². The van der Waals surface area contributed by atoms with Gasteiger partial charge in [-0.1, -0.05) is 22.0 Å². The van der Waals surface area contributed by atoms with Crippen molar-refractivity contribution in [1.82, 2.24) is 5.32 Å². The number of halogens is 3. The van der Waals surface area contributed by atoms with E-state index in [4.69, 9.17) is 4.74 Å². The average Bonchev–Trinajstić information content (AvgIpc) is 2.31. The molecule has 0 spiro atoms. The number of hydrogen-bond acceptors (Lipinski definition) is 2. The van der Waals surface area contributed by atoms with E-state index >= 15 is 0 Å².